The molecule has 0 unspecified atom stereocenters. The largest absolute Gasteiger partial charge is 0.334 e. The number of sulfone groups is 1. The Bertz CT molecular complexity index is 715. The van der Waals surface area contributed by atoms with Crippen molar-refractivity contribution in [2.45, 2.75) is 37.5 Å². The molecule has 0 radical (unpaired) electrons. The second-order valence-electron chi connectivity index (χ2n) is 6.01. The molecule has 1 aliphatic carbocycles. The number of benzene rings is 1. The van der Waals surface area contributed by atoms with Crippen molar-refractivity contribution in [3.8, 4) is 0 Å². The van der Waals surface area contributed by atoms with Crippen LogP contribution in [0, 0.1) is 5.82 Å². The van der Waals surface area contributed by atoms with Gasteiger partial charge in [-0.05, 0) is 31.0 Å². The van der Waals surface area contributed by atoms with E-state index >= 15 is 0 Å². The van der Waals surface area contributed by atoms with E-state index in [-0.39, 0.29) is 13.1 Å². The van der Waals surface area contributed by atoms with Gasteiger partial charge >= 0.3 is 0 Å². The molecule has 24 heavy (non-hydrogen) atoms. The van der Waals surface area contributed by atoms with Crippen LogP contribution in [0.3, 0.4) is 0 Å². The van der Waals surface area contributed by atoms with Crippen LogP contribution in [0.1, 0.15) is 31.2 Å². The van der Waals surface area contributed by atoms with Crippen LogP contribution in [-0.4, -0.2) is 36.8 Å². The summed E-state index contributed by atoms with van der Waals surface area (Å²) in [5.41, 5.74) is 0.331. The Morgan fingerprint density at radius 3 is 2.67 bits per heavy atom. The second-order valence-corrected chi connectivity index (χ2v) is 9.21. The zero-order valence-corrected chi connectivity index (χ0v) is 15.8. The van der Waals surface area contributed by atoms with Crippen LogP contribution in [0.2, 0.25) is 0 Å². The molecule has 0 bridgehead atoms. The molecular weight excluding hydrogens is 397 g/mol. The van der Waals surface area contributed by atoms with Crippen LogP contribution in [0.15, 0.2) is 35.3 Å². The van der Waals surface area contributed by atoms with Crippen LogP contribution in [-0.2, 0) is 21.2 Å². The Kier molecular flexibility index (Phi) is 6.57. The van der Waals surface area contributed by atoms with Crippen LogP contribution in [0.25, 0.3) is 0 Å². The van der Waals surface area contributed by atoms with E-state index < -0.39 is 32.6 Å². The maximum atomic E-state index is 13.9. The minimum absolute atomic E-state index is 0.0102. The summed E-state index contributed by atoms with van der Waals surface area (Å²) in [5, 5.41) is -0.422. The molecule has 1 aromatic rings. The highest BCUT2D eigenvalue weighted by Gasteiger charge is 2.32. The van der Waals surface area contributed by atoms with Crippen LogP contribution in [0.4, 0.5) is 4.39 Å². The van der Waals surface area contributed by atoms with E-state index in [0.717, 1.165) is 12.8 Å². The third-order valence-electron chi connectivity index (χ3n) is 4.21. The maximum absolute atomic E-state index is 13.9. The lowest BCUT2D eigenvalue weighted by molar-refractivity contribution is -0.128. The topological polar surface area (TPSA) is 54.5 Å². The summed E-state index contributed by atoms with van der Waals surface area (Å²) in [4.78, 5) is 13.8. The molecule has 0 heterocycles. The summed E-state index contributed by atoms with van der Waals surface area (Å²) in [6, 6.07) is 4.47. The van der Waals surface area contributed by atoms with Crippen molar-refractivity contribution in [3.63, 3.8) is 0 Å². The van der Waals surface area contributed by atoms with Gasteiger partial charge < -0.3 is 4.90 Å². The highest BCUT2D eigenvalue weighted by atomic mass is 79.9. The molecule has 1 fully saturated rings. The van der Waals surface area contributed by atoms with Gasteiger partial charge in [-0.25, -0.2) is 12.8 Å². The molecule has 0 aliphatic heterocycles. The fourth-order valence-corrected chi connectivity index (χ4v) is 5.13. The second kappa shape index (κ2) is 8.25. The van der Waals surface area contributed by atoms with E-state index in [9.17, 15) is 17.6 Å². The Labute approximate surface area is 150 Å². The minimum atomic E-state index is -3.46. The number of carbonyl (C=O) groups is 1. The Morgan fingerprint density at radius 2 is 2.04 bits per heavy atom. The van der Waals surface area contributed by atoms with Crippen molar-refractivity contribution in [3.05, 3.63) is 46.7 Å². The Morgan fingerprint density at radius 1 is 1.38 bits per heavy atom. The molecule has 0 saturated heterocycles. The quantitative estimate of drug-likeness (QED) is 0.638. The van der Waals surface area contributed by atoms with Gasteiger partial charge in [-0.2, -0.15) is 0 Å². The smallest absolute Gasteiger partial charge is 0.238 e. The highest BCUT2D eigenvalue weighted by Crippen LogP contribution is 2.25. The first-order chi connectivity index (χ1) is 11.3. The molecule has 1 aliphatic rings. The predicted octanol–water partition coefficient (Wildman–Crippen LogP) is 3.46. The van der Waals surface area contributed by atoms with E-state index in [0.29, 0.717) is 22.9 Å². The van der Waals surface area contributed by atoms with Crippen LogP contribution < -0.4 is 0 Å². The molecule has 0 atom stereocenters. The predicted molar refractivity (Wildman–Crippen MR) is 95.8 cm³/mol. The summed E-state index contributed by atoms with van der Waals surface area (Å²) in [5.74, 6) is -1.47. The summed E-state index contributed by atoms with van der Waals surface area (Å²) in [7, 11) is -3.46. The molecule has 1 amide bonds. The molecule has 132 valence electrons. The summed E-state index contributed by atoms with van der Waals surface area (Å²) in [6.07, 6.45) is 4.53. The number of carbonyl (C=O) groups excluding carboxylic acids is 1. The van der Waals surface area contributed by atoms with Crippen molar-refractivity contribution in [1.29, 1.82) is 0 Å². The molecule has 1 aromatic carbocycles. The zero-order chi connectivity index (χ0) is 17.7. The number of halogens is 2. The normalized spacial score (nSPS) is 15.4. The van der Waals surface area contributed by atoms with Crippen molar-refractivity contribution >= 4 is 31.7 Å². The molecule has 0 N–H and O–H groups in total. The fraction of sp³-hybridized carbons (Fsp3) is 0.471. The third-order valence-corrected chi connectivity index (χ3v) is 6.84. The number of rotatable bonds is 7. The van der Waals surface area contributed by atoms with E-state index in [1.54, 1.807) is 12.1 Å². The first-order valence-electron chi connectivity index (χ1n) is 7.87. The van der Waals surface area contributed by atoms with Gasteiger partial charge in [0.2, 0.25) is 5.91 Å². The van der Waals surface area contributed by atoms with Crippen LogP contribution in [0.5, 0.6) is 0 Å². The lowest BCUT2D eigenvalue weighted by Crippen LogP contribution is -2.38. The average Bonchev–Trinajstić information content (AvgIpc) is 3.05. The first-order valence-corrected chi connectivity index (χ1v) is 10.4. The Hall–Kier alpha value is -1.21. The SMILES string of the molecule is C=CCN(Cc1cc(Br)ccc1F)C(=O)CS(=O)(=O)C1CCCC1. The summed E-state index contributed by atoms with van der Waals surface area (Å²) in [6.45, 7) is 3.77. The van der Waals surface area contributed by atoms with Crippen molar-refractivity contribution in [1.82, 2.24) is 4.90 Å². The molecule has 2 rings (SSSR count). The van der Waals surface area contributed by atoms with Gasteiger partial charge in [0.05, 0.1) is 5.25 Å². The molecule has 0 spiro atoms. The van der Waals surface area contributed by atoms with E-state index in [1.165, 1.54) is 17.0 Å². The molecule has 7 heteroatoms. The maximum Gasteiger partial charge on any atom is 0.238 e. The summed E-state index contributed by atoms with van der Waals surface area (Å²) < 4.78 is 39.4. The summed E-state index contributed by atoms with van der Waals surface area (Å²) >= 11 is 3.27. The fourth-order valence-electron chi connectivity index (χ4n) is 2.91. The van der Waals surface area contributed by atoms with E-state index in [2.05, 4.69) is 22.5 Å². The standard InChI is InChI=1S/C17H21BrFNO3S/c1-2-9-20(11-13-10-14(18)7-8-16(13)19)17(21)12-24(22,23)15-5-3-4-6-15/h2,7-8,10,15H,1,3-6,9,11-12H2. The van der Waals surface area contributed by atoms with Crippen molar-refractivity contribution in [2.24, 2.45) is 0 Å². The number of hydrogen-bond donors (Lipinski definition) is 0. The van der Waals surface area contributed by atoms with Gasteiger partial charge in [0.1, 0.15) is 11.6 Å². The van der Waals surface area contributed by atoms with E-state index in [4.69, 9.17) is 0 Å². The van der Waals surface area contributed by atoms with Crippen molar-refractivity contribution in [2.75, 3.05) is 12.3 Å². The molecular formula is C17H21BrFNO3S. The van der Waals surface area contributed by atoms with Gasteiger partial charge in [-0.1, -0.05) is 34.8 Å². The first kappa shape index (κ1) is 19.1. The number of amides is 1. The monoisotopic (exact) mass is 417 g/mol. The average molecular weight is 418 g/mol. The van der Waals surface area contributed by atoms with Crippen molar-refractivity contribution < 1.29 is 17.6 Å². The van der Waals surface area contributed by atoms with Gasteiger partial charge in [0, 0.05) is 23.1 Å². The van der Waals surface area contributed by atoms with Gasteiger partial charge in [0.25, 0.3) is 0 Å². The zero-order valence-electron chi connectivity index (χ0n) is 13.4. The Balaban J connectivity index is 2.12. The highest BCUT2D eigenvalue weighted by molar-refractivity contribution is 9.10. The van der Waals surface area contributed by atoms with Gasteiger partial charge in [0.15, 0.2) is 9.84 Å². The third kappa shape index (κ3) is 4.89. The molecule has 4 nitrogen and oxygen atoms in total. The number of nitrogens with zero attached hydrogens (tertiary/aromatic N) is 1. The lowest BCUT2D eigenvalue weighted by atomic mass is 10.2. The minimum Gasteiger partial charge on any atom is -0.334 e. The van der Waals surface area contributed by atoms with E-state index in [1.807, 2.05) is 0 Å². The molecule has 1 saturated carbocycles. The lowest BCUT2D eigenvalue weighted by Gasteiger charge is -2.22. The van der Waals surface area contributed by atoms with Gasteiger partial charge in [-0.3, -0.25) is 4.79 Å². The number of hydrogen-bond acceptors (Lipinski definition) is 3. The van der Waals surface area contributed by atoms with Crippen LogP contribution >= 0.6 is 15.9 Å². The van der Waals surface area contributed by atoms with Gasteiger partial charge in [-0.15, -0.1) is 6.58 Å². The molecule has 0 aromatic heterocycles.